The first-order chi connectivity index (χ1) is 9.33. The lowest BCUT2D eigenvalue weighted by molar-refractivity contribution is 0.421. The molecule has 0 amide bonds. The summed E-state index contributed by atoms with van der Waals surface area (Å²) in [4.78, 5) is 4.34. The number of pyridine rings is 1. The molecule has 1 aromatic carbocycles. The van der Waals surface area contributed by atoms with Crippen LogP contribution in [0.15, 0.2) is 36.7 Å². The highest BCUT2D eigenvalue weighted by molar-refractivity contribution is 5.84. The third-order valence-electron chi connectivity index (χ3n) is 4.30. The Morgan fingerprint density at radius 3 is 2.84 bits per heavy atom. The first kappa shape index (κ1) is 12.6. The van der Waals surface area contributed by atoms with Crippen molar-refractivity contribution in [2.75, 3.05) is 6.54 Å². The van der Waals surface area contributed by atoms with Crippen LogP contribution in [-0.4, -0.2) is 11.5 Å². The zero-order valence-corrected chi connectivity index (χ0v) is 11.7. The first-order valence-corrected chi connectivity index (χ1v) is 7.35. The van der Waals surface area contributed by atoms with Crippen LogP contribution in [-0.2, 0) is 6.54 Å². The molecular weight excluding hydrogens is 232 g/mol. The summed E-state index contributed by atoms with van der Waals surface area (Å²) in [7, 11) is 0. The normalized spacial score (nSPS) is 16.7. The molecule has 2 heteroatoms. The molecule has 0 unspecified atom stereocenters. The lowest BCUT2D eigenvalue weighted by atomic mass is 10.0. The molecule has 19 heavy (non-hydrogen) atoms. The predicted octanol–water partition coefficient (Wildman–Crippen LogP) is 3.90. The second kappa shape index (κ2) is 5.30. The van der Waals surface area contributed by atoms with Gasteiger partial charge in [-0.05, 0) is 35.6 Å². The molecule has 0 radical (unpaired) electrons. The minimum Gasteiger partial charge on any atom is -0.312 e. The van der Waals surface area contributed by atoms with Crippen LogP contribution in [0, 0.1) is 5.41 Å². The Bertz CT molecular complexity index is 553. The van der Waals surface area contributed by atoms with Gasteiger partial charge < -0.3 is 5.32 Å². The summed E-state index contributed by atoms with van der Waals surface area (Å²) < 4.78 is 0. The van der Waals surface area contributed by atoms with Gasteiger partial charge >= 0.3 is 0 Å². The van der Waals surface area contributed by atoms with Crippen molar-refractivity contribution in [3.63, 3.8) is 0 Å². The van der Waals surface area contributed by atoms with Crippen molar-refractivity contribution in [3.8, 4) is 0 Å². The first-order valence-electron chi connectivity index (χ1n) is 7.35. The molecule has 1 heterocycles. The number of aromatic nitrogens is 1. The van der Waals surface area contributed by atoms with E-state index in [1.807, 2.05) is 12.4 Å². The van der Waals surface area contributed by atoms with Gasteiger partial charge in [0.15, 0.2) is 0 Å². The topological polar surface area (TPSA) is 24.9 Å². The van der Waals surface area contributed by atoms with Crippen molar-refractivity contribution < 1.29 is 0 Å². The van der Waals surface area contributed by atoms with E-state index in [0.717, 1.165) is 13.1 Å². The highest BCUT2D eigenvalue weighted by Gasteiger charge is 2.40. The van der Waals surface area contributed by atoms with Crippen molar-refractivity contribution >= 4 is 10.8 Å². The zero-order valence-electron chi connectivity index (χ0n) is 11.7. The fraction of sp³-hybridized carbons (Fsp3) is 0.471. The van der Waals surface area contributed by atoms with Crippen LogP contribution in [0.5, 0.6) is 0 Å². The van der Waals surface area contributed by atoms with Crippen LogP contribution in [0.3, 0.4) is 0 Å². The summed E-state index contributed by atoms with van der Waals surface area (Å²) in [5.74, 6) is 0. The zero-order chi connectivity index (χ0) is 13.1. The molecule has 100 valence electrons. The molecule has 0 atom stereocenters. The molecule has 1 fully saturated rings. The fourth-order valence-corrected chi connectivity index (χ4v) is 3.00. The summed E-state index contributed by atoms with van der Waals surface area (Å²) in [5.41, 5.74) is 1.93. The van der Waals surface area contributed by atoms with Crippen LogP contribution >= 0.6 is 0 Å². The molecule has 2 aromatic rings. The largest absolute Gasteiger partial charge is 0.312 e. The van der Waals surface area contributed by atoms with Crippen LogP contribution in [0.2, 0.25) is 0 Å². The Labute approximate surface area is 115 Å². The summed E-state index contributed by atoms with van der Waals surface area (Å²) >= 11 is 0. The van der Waals surface area contributed by atoms with Crippen LogP contribution in [0.4, 0.5) is 0 Å². The average molecular weight is 254 g/mol. The average Bonchev–Trinajstić information content (AvgIpc) is 3.19. The number of hydrogen-bond donors (Lipinski definition) is 1. The van der Waals surface area contributed by atoms with E-state index < -0.39 is 0 Å². The van der Waals surface area contributed by atoms with Gasteiger partial charge in [0, 0.05) is 30.9 Å². The summed E-state index contributed by atoms with van der Waals surface area (Å²) in [6.07, 6.45) is 9.42. The van der Waals surface area contributed by atoms with Gasteiger partial charge in [-0.3, -0.25) is 4.98 Å². The Balaban J connectivity index is 1.66. The number of benzene rings is 1. The van der Waals surface area contributed by atoms with E-state index in [1.165, 1.54) is 42.0 Å². The van der Waals surface area contributed by atoms with Crippen LogP contribution in [0.1, 0.15) is 38.2 Å². The molecule has 2 nitrogen and oxygen atoms in total. The van der Waals surface area contributed by atoms with E-state index in [-0.39, 0.29) is 0 Å². The smallest absolute Gasteiger partial charge is 0.0346 e. The number of rotatable bonds is 6. The van der Waals surface area contributed by atoms with Crippen LogP contribution < -0.4 is 5.32 Å². The molecule has 3 rings (SSSR count). The quantitative estimate of drug-likeness (QED) is 0.845. The van der Waals surface area contributed by atoms with Crippen molar-refractivity contribution in [2.45, 2.75) is 39.2 Å². The van der Waals surface area contributed by atoms with E-state index in [2.05, 4.69) is 41.5 Å². The van der Waals surface area contributed by atoms with Gasteiger partial charge in [0.2, 0.25) is 0 Å². The number of hydrogen-bond acceptors (Lipinski definition) is 2. The molecule has 1 aliphatic rings. The predicted molar refractivity (Wildman–Crippen MR) is 80.0 cm³/mol. The number of nitrogens with zero attached hydrogens (tertiary/aromatic N) is 1. The second-order valence-corrected chi connectivity index (χ2v) is 5.87. The van der Waals surface area contributed by atoms with Gasteiger partial charge in [0.05, 0.1) is 0 Å². The Hall–Kier alpha value is -1.41. The monoisotopic (exact) mass is 254 g/mol. The second-order valence-electron chi connectivity index (χ2n) is 5.87. The van der Waals surface area contributed by atoms with Gasteiger partial charge in [-0.25, -0.2) is 0 Å². The highest BCUT2D eigenvalue weighted by atomic mass is 14.9. The maximum Gasteiger partial charge on any atom is 0.0346 e. The maximum absolute atomic E-state index is 4.34. The fourth-order valence-electron chi connectivity index (χ4n) is 3.00. The third-order valence-corrected chi connectivity index (χ3v) is 4.30. The van der Waals surface area contributed by atoms with Crippen molar-refractivity contribution in [1.82, 2.24) is 10.3 Å². The molecule has 1 N–H and O–H groups in total. The van der Waals surface area contributed by atoms with Crippen molar-refractivity contribution in [1.29, 1.82) is 0 Å². The molecule has 1 aliphatic carbocycles. The van der Waals surface area contributed by atoms with Crippen molar-refractivity contribution in [3.05, 3.63) is 42.2 Å². The van der Waals surface area contributed by atoms with Gasteiger partial charge in [-0.2, -0.15) is 0 Å². The standard InChI is InChI=1S/C17H22N2/c1-2-7-17(8-9-17)13-19-12-15-11-18-10-14-5-3-4-6-16(14)15/h3-6,10-11,19H,2,7-9,12-13H2,1H3. The van der Waals surface area contributed by atoms with Gasteiger partial charge in [-0.15, -0.1) is 0 Å². The SMILES string of the molecule is CCCC1(CNCc2cncc3ccccc23)CC1. The third kappa shape index (κ3) is 2.79. The summed E-state index contributed by atoms with van der Waals surface area (Å²) in [5, 5.41) is 6.20. The highest BCUT2D eigenvalue weighted by Crippen LogP contribution is 2.48. The lowest BCUT2D eigenvalue weighted by Crippen LogP contribution is -2.23. The van der Waals surface area contributed by atoms with Crippen LogP contribution in [0.25, 0.3) is 10.8 Å². The van der Waals surface area contributed by atoms with E-state index in [1.54, 1.807) is 0 Å². The Morgan fingerprint density at radius 2 is 2.05 bits per heavy atom. The van der Waals surface area contributed by atoms with E-state index in [9.17, 15) is 0 Å². The molecule has 0 aliphatic heterocycles. The minimum absolute atomic E-state index is 0.618. The van der Waals surface area contributed by atoms with E-state index in [4.69, 9.17) is 0 Å². The van der Waals surface area contributed by atoms with Gasteiger partial charge in [-0.1, -0.05) is 37.6 Å². The van der Waals surface area contributed by atoms with Crippen molar-refractivity contribution in [2.24, 2.45) is 5.41 Å². The Morgan fingerprint density at radius 1 is 1.21 bits per heavy atom. The Kier molecular flexibility index (Phi) is 3.52. The molecule has 0 spiro atoms. The maximum atomic E-state index is 4.34. The summed E-state index contributed by atoms with van der Waals surface area (Å²) in [6, 6.07) is 8.49. The van der Waals surface area contributed by atoms with Gasteiger partial charge in [0.1, 0.15) is 0 Å². The molecule has 1 aromatic heterocycles. The number of fused-ring (bicyclic) bond motifs is 1. The summed E-state index contributed by atoms with van der Waals surface area (Å²) in [6.45, 7) is 4.37. The molecule has 1 saturated carbocycles. The molecule has 0 saturated heterocycles. The lowest BCUT2D eigenvalue weighted by Gasteiger charge is -2.15. The van der Waals surface area contributed by atoms with Gasteiger partial charge in [0.25, 0.3) is 0 Å². The molecular formula is C17H22N2. The molecule has 0 bridgehead atoms. The van der Waals surface area contributed by atoms with E-state index >= 15 is 0 Å². The van der Waals surface area contributed by atoms with E-state index in [0.29, 0.717) is 5.41 Å². The number of nitrogens with one attached hydrogen (secondary N) is 1. The minimum atomic E-state index is 0.618.